The molecular formula is C13H28N2O. The van der Waals surface area contributed by atoms with Gasteiger partial charge in [-0.1, -0.05) is 27.7 Å². The second-order valence-corrected chi connectivity index (χ2v) is 5.14. The molecule has 16 heavy (non-hydrogen) atoms. The molecule has 2 unspecified atom stereocenters. The van der Waals surface area contributed by atoms with E-state index in [2.05, 4.69) is 33.0 Å². The van der Waals surface area contributed by atoms with Gasteiger partial charge in [0.25, 0.3) is 0 Å². The van der Waals surface area contributed by atoms with Gasteiger partial charge in [0.05, 0.1) is 0 Å². The average Bonchev–Trinajstić information content (AvgIpc) is 2.22. The van der Waals surface area contributed by atoms with E-state index in [9.17, 15) is 4.79 Å². The summed E-state index contributed by atoms with van der Waals surface area (Å²) in [5, 5.41) is 3.22. The summed E-state index contributed by atoms with van der Waals surface area (Å²) in [5.74, 6) is 0.947. The monoisotopic (exact) mass is 228 g/mol. The fourth-order valence-corrected chi connectivity index (χ4v) is 1.85. The molecule has 0 fully saturated rings. The smallest absolute Gasteiger partial charge is 0.226 e. The van der Waals surface area contributed by atoms with Crippen LogP contribution >= 0.6 is 0 Å². The second kappa shape index (κ2) is 7.66. The fraction of sp³-hybridized carbons (Fsp3) is 0.923. The van der Waals surface area contributed by atoms with Gasteiger partial charge in [-0.2, -0.15) is 0 Å². The van der Waals surface area contributed by atoms with Gasteiger partial charge in [-0.05, 0) is 25.8 Å². The molecule has 0 radical (unpaired) electrons. The normalized spacial score (nSPS) is 14.9. The third-order valence-corrected chi connectivity index (χ3v) is 2.94. The van der Waals surface area contributed by atoms with E-state index in [4.69, 9.17) is 0 Å². The summed E-state index contributed by atoms with van der Waals surface area (Å²) >= 11 is 0. The minimum absolute atomic E-state index is 0.0690. The van der Waals surface area contributed by atoms with Crippen molar-refractivity contribution in [2.75, 3.05) is 20.1 Å². The Kier molecular flexibility index (Phi) is 7.39. The summed E-state index contributed by atoms with van der Waals surface area (Å²) in [5.41, 5.74) is 0. The Morgan fingerprint density at radius 2 is 1.81 bits per heavy atom. The number of carbonyl (C=O) groups is 1. The second-order valence-electron chi connectivity index (χ2n) is 5.14. The molecule has 0 bridgehead atoms. The Balaban J connectivity index is 4.14. The van der Waals surface area contributed by atoms with E-state index >= 15 is 0 Å². The third-order valence-electron chi connectivity index (χ3n) is 2.94. The average molecular weight is 228 g/mol. The molecule has 0 aromatic rings. The van der Waals surface area contributed by atoms with Crippen molar-refractivity contribution in [1.82, 2.24) is 10.2 Å². The standard InChI is InChI=1S/C13H28N2O/c1-7-14-9-11(4)13(16)15(6)12(5)8-10(2)3/h10-12,14H,7-9H2,1-6H3. The number of carbonyl (C=O) groups excluding carboxylic acids is 1. The maximum atomic E-state index is 12.1. The van der Waals surface area contributed by atoms with Crippen molar-refractivity contribution in [2.45, 2.75) is 47.1 Å². The van der Waals surface area contributed by atoms with Crippen molar-refractivity contribution < 1.29 is 4.79 Å². The van der Waals surface area contributed by atoms with Crippen LogP contribution in [0, 0.1) is 11.8 Å². The lowest BCUT2D eigenvalue weighted by atomic mass is 10.0. The Labute approximate surface area is 101 Å². The summed E-state index contributed by atoms with van der Waals surface area (Å²) in [7, 11) is 1.91. The number of amides is 1. The van der Waals surface area contributed by atoms with Gasteiger partial charge in [0.1, 0.15) is 0 Å². The van der Waals surface area contributed by atoms with E-state index < -0.39 is 0 Å². The van der Waals surface area contributed by atoms with E-state index in [1.54, 1.807) is 0 Å². The molecule has 0 aliphatic carbocycles. The highest BCUT2D eigenvalue weighted by Gasteiger charge is 2.21. The van der Waals surface area contributed by atoms with E-state index in [0.29, 0.717) is 12.0 Å². The summed E-state index contributed by atoms with van der Waals surface area (Å²) in [6.07, 6.45) is 1.07. The van der Waals surface area contributed by atoms with E-state index in [1.165, 1.54) is 0 Å². The molecule has 0 saturated carbocycles. The van der Waals surface area contributed by atoms with Gasteiger partial charge in [-0.15, -0.1) is 0 Å². The van der Waals surface area contributed by atoms with Gasteiger partial charge < -0.3 is 10.2 Å². The van der Waals surface area contributed by atoms with Crippen molar-refractivity contribution in [3.8, 4) is 0 Å². The lowest BCUT2D eigenvalue weighted by Crippen LogP contribution is -2.41. The van der Waals surface area contributed by atoms with Crippen molar-refractivity contribution in [3.05, 3.63) is 0 Å². The zero-order valence-corrected chi connectivity index (χ0v) is 11.7. The molecule has 0 spiro atoms. The predicted octanol–water partition coefficient (Wildman–Crippen LogP) is 2.12. The van der Waals surface area contributed by atoms with Gasteiger partial charge in [0.15, 0.2) is 0 Å². The first kappa shape index (κ1) is 15.4. The summed E-state index contributed by atoms with van der Waals surface area (Å²) in [6.45, 7) is 12.2. The Bertz CT molecular complexity index is 204. The molecule has 3 heteroatoms. The van der Waals surface area contributed by atoms with Crippen LogP contribution in [0.5, 0.6) is 0 Å². The molecule has 2 atom stereocenters. The van der Waals surface area contributed by atoms with Crippen LogP contribution in [0.15, 0.2) is 0 Å². The molecule has 0 heterocycles. The van der Waals surface area contributed by atoms with Gasteiger partial charge in [0.2, 0.25) is 5.91 Å². The van der Waals surface area contributed by atoms with Crippen LogP contribution in [0.3, 0.4) is 0 Å². The van der Waals surface area contributed by atoms with Crippen LogP contribution in [-0.2, 0) is 4.79 Å². The fourth-order valence-electron chi connectivity index (χ4n) is 1.85. The number of hydrogen-bond acceptors (Lipinski definition) is 2. The highest BCUT2D eigenvalue weighted by molar-refractivity contribution is 5.78. The third kappa shape index (κ3) is 5.50. The van der Waals surface area contributed by atoms with Gasteiger partial charge in [0, 0.05) is 25.6 Å². The first-order valence-electron chi connectivity index (χ1n) is 6.37. The largest absolute Gasteiger partial charge is 0.343 e. The minimum Gasteiger partial charge on any atom is -0.343 e. The Morgan fingerprint density at radius 1 is 1.25 bits per heavy atom. The number of nitrogens with one attached hydrogen (secondary N) is 1. The van der Waals surface area contributed by atoms with Crippen LogP contribution in [0.4, 0.5) is 0 Å². The number of nitrogens with zero attached hydrogens (tertiary/aromatic N) is 1. The zero-order valence-electron chi connectivity index (χ0n) is 11.7. The maximum absolute atomic E-state index is 12.1. The predicted molar refractivity (Wildman–Crippen MR) is 69.4 cm³/mol. The zero-order chi connectivity index (χ0) is 12.7. The number of rotatable bonds is 7. The quantitative estimate of drug-likeness (QED) is 0.724. The summed E-state index contributed by atoms with van der Waals surface area (Å²) in [6, 6.07) is 0.330. The van der Waals surface area contributed by atoms with E-state index in [1.807, 2.05) is 18.9 Å². The van der Waals surface area contributed by atoms with Gasteiger partial charge >= 0.3 is 0 Å². The Hall–Kier alpha value is -0.570. The molecule has 0 aromatic heterocycles. The molecule has 0 rings (SSSR count). The van der Waals surface area contributed by atoms with Crippen molar-refractivity contribution >= 4 is 5.91 Å². The van der Waals surface area contributed by atoms with Crippen LogP contribution in [-0.4, -0.2) is 37.0 Å². The summed E-state index contributed by atoms with van der Waals surface area (Å²) < 4.78 is 0. The van der Waals surface area contributed by atoms with Crippen molar-refractivity contribution in [1.29, 1.82) is 0 Å². The SMILES string of the molecule is CCNCC(C)C(=O)N(C)C(C)CC(C)C. The first-order valence-corrected chi connectivity index (χ1v) is 6.37. The number of hydrogen-bond donors (Lipinski definition) is 1. The lowest BCUT2D eigenvalue weighted by molar-refractivity contribution is -0.135. The lowest BCUT2D eigenvalue weighted by Gasteiger charge is -2.29. The molecular weight excluding hydrogens is 200 g/mol. The van der Waals surface area contributed by atoms with Crippen molar-refractivity contribution in [3.63, 3.8) is 0 Å². The molecule has 1 N–H and O–H groups in total. The van der Waals surface area contributed by atoms with E-state index in [0.717, 1.165) is 19.5 Å². The molecule has 0 aliphatic heterocycles. The summed E-state index contributed by atoms with van der Waals surface area (Å²) in [4.78, 5) is 13.9. The molecule has 3 nitrogen and oxygen atoms in total. The van der Waals surface area contributed by atoms with Gasteiger partial charge in [-0.3, -0.25) is 4.79 Å². The van der Waals surface area contributed by atoms with Crippen LogP contribution in [0.25, 0.3) is 0 Å². The first-order chi connectivity index (χ1) is 7.40. The van der Waals surface area contributed by atoms with Crippen molar-refractivity contribution in [2.24, 2.45) is 11.8 Å². The molecule has 0 aliphatic rings. The maximum Gasteiger partial charge on any atom is 0.226 e. The molecule has 1 amide bonds. The molecule has 96 valence electrons. The van der Waals surface area contributed by atoms with Crippen LogP contribution < -0.4 is 5.32 Å². The Morgan fingerprint density at radius 3 is 2.25 bits per heavy atom. The van der Waals surface area contributed by atoms with Gasteiger partial charge in [-0.25, -0.2) is 0 Å². The minimum atomic E-state index is 0.0690. The topological polar surface area (TPSA) is 32.3 Å². The highest BCUT2D eigenvalue weighted by atomic mass is 16.2. The molecule has 0 aromatic carbocycles. The van der Waals surface area contributed by atoms with Crippen LogP contribution in [0.1, 0.15) is 41.0 Å². The molecule has 0 saturated heterocycles. The highest BCUT2D eigenvalue weighted by Crippen LogP contribution is 2.12. The van der Waals surface area contributed by atoms with E-state index in [-0.39, 0.29) is 11.8 Å². The van der Waals surface area contributed by atoms with Crippen LogP contribution in [0.2, 0.25) is 0 Å².